The molecule has 0 bridgehead atoms. The summed E-state index contributed by atoms with van der Waals surface area (Å²) in [6, 6.07) is 15.1. The quantitative estimate of drug-likeness (QED) is 0.708. The summed E-state index contributed by atoms with van der Waals surface area (Å²) in [4.78, 5) is 15.2. The van der Waals surface area contributed by atoms with Crippen LogP contribution in [0, 0.1) is 0 Å². The van der Waals surface area contributed by atoms with Crippen LogP contribution in [-0.4, -0.2) is 16.4 Å². The molecule has 0 atom stereocenters. The highest BCUT2D eigenvalue weighted by atomic mass is 16.3. The molecule has 19 heavy (non-hydrogen) atoms. The molecule has 3 nitrogen and oxygen atoms in total. The van der Waals surface area contributed by atoms with E-state index in [2.05, 4.69) is 4.98 Å². The van der Waals surface area contributed by atoms with Gasteiger partial charge in [0.05, 0.1) is 5.56 Å². The number of aromatic nitrogens is 1. The zero-order chi connectivity index (χ0) is 13.2. The number of carbonyl (C=O) groups is 1. The minimum atomic E-state index is -0.0646. The normalized spacial score (nSPS) is 10.5. The third-order valence-corrected chi connectivity index (χ3v) is 3.11. The lowest BCUT2D eigenvalue weighted by Gasteiger charge is -2.09. The van der Waals surface area contributed by atoms with Crippen molar-refractivity contribution in [3.63, 3.8) is 0 Å². The van der Waals surface area contributed by atoms with E-state index >= 15 is 0 Å². The summed E-state index contributed by atoms with van der Waals surface area (Å²) >= 11 is 0. The molecule has 0 amide bonds. The second kappa shape index (κ2) is 4.53. The maximum Gasteiger partial charge on any atom is 0.153 e. The topological polar surface area (TPSA) is 50.2 Å². The number of phenolic OH excluding ortho intramolecular Hbond substituents is 1. The van der Waals surface area contributed by atoms with Crippen LogP contribution in [0.25, 0.3) is 22.0 Å². The molecular formula is C16H11NO2. The molecule has 0 aliphatic rings. The molecule has 0 saturated heterocycles. The first-order valence-corrected chi connectivity index (χ1v) is 5.92. The Hall–Kier alpha value is -2.68. The van der Waals surface area contributed by atoms with E-state index in [0.717, 1.165) is 16.5 Å². The van der Waals surface area contributed by atoms with E-state index in [1.807, 2.05) is 42.5 Å². The van der Waals surface area contributed by atoms with Crippen LogP contribution < -0.4 is 0 Å². The molecule has 1 heterocycles. The van der Waals surface area contributed by atoms with Gasteiger partial charge in [-0.05, 0) is 23.3 Å². The fourth-order valence-electron chi connectivity index (χ4n) is 2.20. The second-order valence-electron chi connectivity index (χ2n) is 4.25. The van der Waals surface area contributed by atoms with Gasteiger partial charge in [0.15, 0.2) is 12.0 Å². The lowest BCUT2D eigenvalue weighted by molar-refractivity contribution is 0.112. The van der Waals surface area contributed by atoms with Gasteiger partial charge in [0.1, 0.15) is 5.52 Å². The van der Waals surface area contributed by atoms with Gasteiger partial charge in [-0.15, -0.1) is 0 Å². The first kappa shape index (κ1) is 11.4. The molecule has 0 radical (unpaired) electrons. The van der Waals surface area contributed by atoms with E-state index in [-0.39, 0.29) is 11.3 Å². The molecule has 3 heteroatoms. The number of carbonyl (C=O) groups excluding carboxylic acids is 1. The van der Waals surface area contributed by atoms with Gasteiger partial charge >= 0.3 is 0 Å². The molecule has 1 N–H and O–H groups in total. The highest BCUT2D eigenvalue weighted by Gasteiger charge is 2.12. The number of fused-ring (bicyclic) bond motifs is 1. The molecule has 92 valence electrons. The summed E-state index contributed by atoms with van der Waals surface area (Å²) in [6.07, 6.45) is 2.25. The van der Waals surface area contributed by atoms with Crippen LogP contribution in [0.2, 0.25) is 0 Å². The number of benzene rings is 2. The van der Waals surface area contributed by atoms with Crippen molar-refractivity contribution in [1.29, 1.82) is 0 Å². The summed E-state index contributed by atoms with van der Waals surface area (Å²) in [5, 5.41) is 10.9. The number of nitrogens with zero attached hydrogens (tertiary/aromatic N) is 1. The van der Waals surface area contributed by atoms with Gasteiger partial charge < -0.3 is 5.11 Å². The van der Waals surface area contributed by atoms with Crippen molar-refractivity contribution in [3.05, 3.63) is 60.3 Å². The number of phenols is 1. The summed E-state index contributed by atoms with van der Waals surface area (Å²) < 4.78 is 0. The van der Waals surface area contributed by atoms with Gasteiger partial charge in [-0.1, -0.05) is 36.4 Å². The van der Waals surface area contributed by atoms with Gasteiger partial charge in [-0.25, -0.2) is 0 Å². The predicted molar refractivity (Wildman–Crippen MR) is 74.2 cm³/mol. The summed E-state index contributed by atoms with van der Waals surface area (Å²) in [5.74, 6) is -0.0646. The molecule has 2 aromatic carbocycles. The number of pyridine rings is 1. The third kappa shape index (κ3) is 1.85. The Bertz CT molecular complexity index is 751. The molecule has 3 aromatic rings. The van der Waals surface area contributed by atoms with Gasteiger partial charge in [0, 0.05) is 11.6 Å². The molecule has 1 aromatic heterocycles. The Labute approximate surface area is 110 Å². The van der Waals surface area contributed by atoms with Gasteiger partial charge in [-0.3, -0.25) is 9.78 Å². The number of aldehydes is 1. The van der Waals surface area contributed by atoms with Crippen LogP contribution in [0.5, 0.6) is 5.75 Å². The zero-order valence-electron chi connectivity index (χ0n) is 10.1. The Morgan fingerprint density at radius 1 is 1.05 bits per heavy atom. The minimum Gasteiger partial charge on any atom is -0.505 e. The predicted octanol–water partition coefficient (Wildman–Crippen LogP) is 3.42. The van der Waals surface area contributed by atoms with Crippen LogP contribution in [0.1, 0.15) is 10.4 Å². The molecule has 0 saturated carbocycles. The van der Waals surface area contributed by atoms with E-state index < -0.39 is 0 Å². The SMILES string of the molecule is O=Cc1cc(-c2ccccc2)c2cccnc2c1O. The fraction of sp³-hybridized carbons (Fsp3) is 0. The largest absolute Gasteiger partial charge is 0.505 e. The Balaban J connectivity index is 2.42. The Morgan fingerprint density at radius 3 is 2.58 bits per heavy atom. The fourth-order valence-corrected chi connectivity index (χ4v) is 2.20. The van der Waals surface area contributed by atoms with Crippen molar-refractivity contribution < 1.29 is 9.90 Å². The van der Waals surface area contributed by atoms with Gasteiger partial charge in [0.25, 0.3) is 0 Å². The van der Waals surface area contributed by atoms with Crippen molar-refractivity contribution in [2.75, 3.05) is 0 Å². The molecule has 0 spiro atoms. The number of hydrogen-bond donors (Lipinski definition) is 1. The average Bonchev–Trinajstić information content (AvgIpc) is 2.49. The van der Waals surface area contributed by atoms with Crippen molar-refractivity contribution in [3.8, 4) is 16.9 Å². The monoisotopic (exact) mass is 249 g/mol. The van der Waals surface area contributed by atoms with Crippen molar-refractivity contribution in [2.45, 2.75) is 0 Å². The minimum absolute atomic E-state index is 0.0646. The molecule has 3 rings (SSSR count). The zero-order valence-corrected chi connectivity index (χ0v) is 10.1. The Morgan fingerprint density at radius 2 is 1.84 bits per heavy atom. The lowest BCUT2D eigenvalue weighted by atomic mass is 9.97. The van der Waals surface area contributed by atoms with Crippen molar-refractivity contribution >= 4 is 17.2 Å². The van der Waals surface area contributed by atoms with Crippen molar-refractivity contribution in [2.24, 2.45) is 0 Å². The van der Waals surface area contributed by atoms with E-state index in [4.69, 9.17) is 0 Å². The van der Waals surface area contributed by atoms with Gasteiger partial charge in [-0.2, -0.15) is 0 Å². The number of aromatic hydroxyl groups is 1. The molecular weight excluding hydrogens is 238 g/mol. The summed E-state index contributed by atoms with van der Waals surface area (Å²) in [7, 11) is 0. The van der Waals surface area contributed by atoms with Crippen LogP contribution in [0.3, 0.4) is 0 Å². The highest BCUT2D eigenvalue weighted by Crippen LogP contribution is 2.34. The van der Waals surface area contributed by atoms with E-state index in [1.54, 1.807) is 12.3 Å². The first-order valence-electron chi connectivity index (χ1n) is 5.92. The number of hydrogen-bond acceptors (Lipinski definition) is 3. The van der Waals surface area contributed by atoms with Crippen LogP contribution >= 0.6 is 0 Å². The van der Waals surface area contributed by atoms with E-state index in [9.17, 15) is 9.90 Å². The van der Waals surface area contributed by atoms with Crippen molar-refractivity contribution in [1.82, 2.24) is 4.98 Å². The van der Waals surface area contributed by atoms with E-state index in [0.29, 0.717) is 11.8 Å². The first-order chi connectivity index (χ1) is 9.31. The molecule has 0 fully saturated rings. The number of rotatable bonds is 2. The maximum absolute atomic E-state index is 11.1. The van der Waals surface area contributed by atoms with E-state index in [1.165, 1.54) is 0 Å². The highest BCUT2D eigenvalue weighted by molar-refractivity contribution is 6.02. The Kier molecular flexibility index (Phi) is 2.72. The molecule has 0 unspecified atom stereocenters. The molecule has 0 aliphatic carbocycles. The van der Waals surface area contributed by atoms with Crippen LogP contribution in [0.15, 0.2) is 54.7 Å². The molecule has 0 aliphatic heterocycles. The third-order valence-electron chi connectivity index (χ3n) is 3.11. The second-order valence-corrected chi connectivity index (χ2v) is 4.25. The van der Waals surface area contributed by atoms with Crippen LogP contribution in [0.4, 0.5) is 0 Å². The van der Waals surface area contributed by atoms with Gasteiger partial charge in [0.2, 0.25) is 0 Å². The average molecular weight is 249 g/mol. The maximum atomic E-state index is 11.1. The smallest absolute Gasteiger partial charge is 0.153 e. The lowest BCUT2D eigenvalue weighted by Crippen LogP contribution is -1.90. The van der Waals surface area contributed by atoms with Crippen LogP contribution in [-0.2, 0) is 0 Å². The summed E-state index contributed by atoms with van der Waals surface area (Å²) in [5.41, 5.74) is 2.59. The standard InChI is InChI=1S/C16H11NO2/c18-10-12-9-14(11-5-2-1-3-6-11)13-7-4-8-17-15(13)16(12)19/h1-10,19H. The summed E-state index contributed by atoms with van der Waals surface area (Å²) in [6.45, 7) is 0.